The summed E-state index contributed by atoms with van der Waals surface area (Å²) in [6, 6.07) is 5.61. The first-order valence-electron chi connectivity index (χ1n) is 4.88. The molecule has 8 heteroatoms. The lowest BCUT2D eigenvalue weighted by molar-refractivity contribution is -0.0528. The fourth-order valence-corrected chi connectivity index (χ4v) is 1.14. The van der Waals surface area contributed by atoms with Gasteiger partial charge >= 0.3 is 6.61 Å². The fraction of sp³-hybridized carbons (Fsp3) is 0.0909. The van der Waals surface area contributed by atoms with Crippen molar-refractivity contribution in [2.45, 2.75) is 6.61 Å². The minimum Gasteiger partial charge on any atom is -0.417 e. The average molecular weight is 309 g/mol. The third kappa shape index (κ3) is 6.73. The third-order valence-electron chi connectivity index (χ3n) is 1.66. The Morgan fingerprint density at radius 3 is 2.26 bits per heavy atom. The van der Waals surface area contributed by atoms with Crippen LogP contribution in [0.15, 0.2) is 41.5 Å². The van der Waals surface area contributed by atoms with Crippen molar-refractivity contribution in [1.82, 2.24) is 9.97 Å². The van der Waals surface area contributed by atoms with Crippen LogP contribution in [0.1, 0.15) is 0 Å². The maximum atomic E-state index is 11.5. The molecule has 4 nitrogen and oxygen atoms in total. The number of ether oxygens (including phenoxy) is 1. The molecule has 2 rings (SSSR count). The van der Waals surface area contributed by atoms with E-state index in [-0.39, 0.29) is 11.4 Å². The van der Waals surface area contributed by atoms with Crippen LogP contribution in [0.25, 0.3) is 0 Å². The van der Waals surface area contributed by atoms with Gasteiger partial charge in [0.1, 0.15) is 0 Å². The lowest BCUT2D eigenvalue weighted by Gasteiger charge is -2.01. The first-order valence-corrected chi connectivity index (χ1v) is 5.63. The predicted octanol–water partition coefficient (Wildman–Crippen LogP) is 3.36. The van der Waals surface area contributed by atoms with E-state index in [1.165, 1.54) is 30.6 Å². The summed E-state index contributed by atoms with van der Waals surface area (Å²) in [6.07, 6.45) is 2.68. The Morgan fingerprint density at radius 1 is 1.16 bits per heavy atom. The van der Waals surface area contributed by atoms with E-state index in [0.717, 1.165) is 0 Å². The molecule has 0 amide bonds. The highest BCUT2D eigenvalue weighted by Gasteiger charge is 2.03. The second-order valence-corrected chi connectivity index (χ2v) is 3.94. The van der Waals surface area contributed by atoms with Gasteiger partial charge in [0.05, 0.1) is 10.0 Å². The SMILES string of the molecule is FC(F)Oc1ccc(Cl)cn1.O=c1ccc(Cl)c[nH]1. The number of halogens is 4. The first kappa shape index (κ1) is 15.4. The molecule has 0 aliphatic heterocycles. The van der Waals surface area contributed by atoms with Crippen molar-refractivity contribution in [3.8, 4) is 5.88 Å². The Bertz CT molecular complexity index is 541. The van der Waals surface area contributed by atoms with Crippen molar-refractivity contribution in [2.24, 2.45) is 0 Å². The molecule has 2 heterocycles. The molecule has 2 aromatic heterocycles. The van der Waals surface area contributed by atoms with E-state index in [1.54, 1.807) is 6.07 Å². The minimum absolute atomic E-state index is 0.130. The van der Waals surface area contributed by atoms with Gasteiger partial charge in [0.2, 0.25) is 11.4 Å². The van der Waals surface area contributed by atoms with Crippen LogP contribution in [0.3, 0.4) is 0 Å². The van der Waals surface area contributed by atoms with Crippen LogP contribution in [0.2, 0.25) is 10.0 Å². The van der Waals surface area contributed by atoms with E-state index in [4.69, 9.17) is 23.2 Å². The number of nitrogens with one attached hydrogen (secondary N) is 1. The van der Waals surface area contributed by atoms with Gasteiger partial charge in [-0.3, -0.25) is 4.79 Å². The molecule has 0 aliphatic carbocycles. The molecule has 0 aromatic carbocycles. The zero-order valence-electron chi connectivity index (χ0n) is 9.32. The highest BCUT2D eigenvalue weighted by atomic mass is 35.5. The molecule has 0 unspecified atom stereocenters. The van der Waals surface area contributed by atoms with Crippen LogP contribution < -0.4 is 10.3 Å². The minimum atomic E-state index is -2.84. The average Bonchev–Trinajstić information content (AvgIpc) is 2.36. The molecule has 0 fully saturated rings. The van der Waals surface area contributed by atoms with E-state index in [9.17, 15) is 13.6 Å². The lowest BCUT2D eigenvalue weighted by atomic mass is 10.5. The number of nitrogens with zero attached hydrogens (tertiary/aromatic N) is 1. The molecular weight excluding hydrogens is 301 g/mol. The van der Waals surface area contributed by atoms with Crippen LogP contribution in [0, 0.1) is 0 Å². The molecule has 0 atom stereocenters. The van der Waals surface area contributed by atoms with Crippen LogP contribution in [0.5, 0.6) is 5.88 Å². The highest BCUT2D eigenvalue weighted by molar-refractivity contribution is 6.30. The van der Waals surface area contributed by atoms with Gasteiger partial charge in [0.15, 0.2) is 0 Å². The lowest BCUT2D eigenvalue weighted by Crippen LogP contribution is -2.02. The Morgan fingerprint density at radius 2 is 1.84 bits per heavy atom. The van der Waals surface area contributed by atoms with Crippen molar-refractivity contribution < 1.29 is 13.5 Å². The Labute approximate surface area is 117 Å². The summed E-state index contributed by atoms with van der Waals surface area (Å²) in [5.41, 5.74) is -0.130. The van der Waals surface area contributed by atoms with Crippen molar-refractivity contribution >= 4 is 23.2 Å². The summed E-state index contributed by atoms with van der Waals surface area (Å²) in [7, 11) is 0. The van der Waals surface area contributed by atoms with Crippen LogP contribution in [-0.2, 0) is 0 Å². The second kappa shape index (κ2) is 7.70. The van der Waals surface area contributed by atoms with E-state index in [2.05, 4.69) is 14.7 Å². The molecule has 102 valence electrons. The van der Waals surface area contributed by atoms with Gasteiger partial charge in [0.25, 0.3) is 0 Å². The number of rotatable bonds is 2. The number of aromatic amines is 1. The Hall–Kier alpha value is -1.66. The smallest absolute Gasteiger partial charge is 0.388 e. The van der Waals surface area contributed by atoms with Gasteiger partial charge in [-0.25, -0.2) is 4.98 Å². The molecule has 0 saturated carbocycles. The van der Waals surface area contributed by atoms with Crippen molar-refractivity contribution in [3.05, 3.63) is 57.1 Å². The number of hydrogen-bond acceptors (Lipinski definition) is 3. The van der Waals surface area contributed by atoms with Gasteiger partial charge in [-0.2, -0.15) is 8.78 Å². The zero-order valence-corrected chi connectivity index (χ0v) is 10.8. The summed E-state index contributed by atoms with van der Waals surface area (Å²) in [4.78, 5) is 16.2. The quantitative estimate of drug-likeness (QED) is 0.925. The maximum absolute atomic E-state index is 11.5. The summed E-state index contributed by atoms with van der Waals surface area (Å²) >= 11 is 10.9. The monoisotopic (exact) mass is 308 g/mol. The van der Waals surface area contributed by atoms with Crippen molar-refractivity contribution in [2.75, 3.05) is 0 Å². The fourth-order valence-electron chi connectivity index (χ4n) is 0.915. The molecule has 0 radical (unpaired) electrons. The van der Waals surface area contributed by atoms with Gasteiger partial charge in [0, 0.05) is 24.5 Å². The van der Waals surface area contributed by atoms with E-state index in [1.807, 2.05) is 0 Å². The maximum Gasteiger partial charge on any atom is 0.388 e. The van der Waals surface area contributed by atoms with Crippen LogP contribution >= 0.6 is 23.2 Å². The van der Waals surface area contributed by atoms with E-state index >= 15 is 0 Å². The Kier molecular flexibility index (Phi) is 6.24. The number of H-pyrrole nitrogens is 1. The molecular formula is C11H8Cl2F2N2O2. The number of alkyl halides is 2. The largest absolute Gasteiger partial charge is 0.417 e. The molecule has 0 bridgehead atoms. The molecule has 2 aromatic rings. The number of pyridine rings is 2. The normalized spacial score (nSPS) is 9.74. The summed E-state index contributed by atoms with van der Waals surface area (Å²) in [5.74, 6) is -0.135. The first-order chi connectivity index (χ1) is 8.97. The number of aromatic nitrogens is 2. The Balaban J connectivity index is 0.000000200. The third-order valence-corrected chi connectivity index (χ3v) is 2.12. The second-order valence-electron chi connectivity index (χ2n) is 3.06. The van der Waals surface area contributed by atoms with Gasteiger partial charge in [-0.15, -0.1) is 0 Å². The number of hydrogen-bond donors (Lipinski definition) is 1. The molecule has 19 heavy (non-hydrogen) atoms. The predicted molar refractivity (Wildman–Crippen MR) is 68.0 cm³/mol. The van der Waals surface area contributed by atoms with Crippen LogP contribution in [0.4, 0.5) is 8.78 Å². The molecule has 1 N–H and O–H groups in total. The molecule has 0 aliphatic rings. The van der Waals surface area contributed by atoms with Crippen molar-refractivity contribution in [1.29, 1.82) is 0 Å². The van der Waals surface area contributed by atoms with E-state index < -0.39 is 6.61 Å². The zero-order chi connectivity index (χ0) is 14.3. The topological polar surface area (TPSA) is 55.0 Å². The van der Waals surface area contributed by atoms with Crippen molar-refractivity contribution in [3.63, 3.8) is 0 Å². The van der Waals surface area contributed by atoms with Gasteiger partial charge in [-0.1, -0.05) is 23.2 Å². The van der Waals surface area contributed by atoms with E-state index in [0.29, 0.717) is 10.0 Å². The summed E-state index contributed by atoms with van der Waals surface area (Å²) in [5, 5.41) is 0.927. The van der Waals surface area contributed by atoms with Crippen LogP contribution in [-0.4, -0.2) is 16.6 Å². The summed E-state index contributed by atoms with van der Waals surface area (Å²) < 4.78 is 27.0. The standard InChI is InChI=1S/C6H4ClF2NO.C5H4ClNO/c7-4-1-2-5(10-3-4)11-6(8)9;6-4-1-2-5(8)7-3-4/h1-3,6H;1-3H,(H,7,8). The van der Waals surface area contributed by atoms with Gasteiger partial charge < -0.3 is 9.72 Å². The highest BCUT2D eigenvalue weighted by Crippen LogP contribution is 2.13. The van der Waals surface area contributed by atoms with Gasteiger partial charge in [-0.05, 0) is 12.1 Å². The molecule has 0 spiro atoms. The molecule has 0 saturated heterocycles. The summed E-state index contributed by atoms with van der Waals surface area (Å²) in [6.45, 7) is -2.84.